The van der Waals surface area contributed by atoms with Crippen LogP contribution in [-0.4, -0.2) is 15.8 Å². The van der Waals surface area contributed by atoms with Crippen molar-refractivity contribution in [3.63, 3.8) is 0 Å². The van der Waals surface area contributed by atoms with Gasteiger partial charge in [0.25, 0.3) is 5.92 Å². The normalized spacial score (nSPS) is 11.3. The third-order valence-corrected chi connectivity index (χ3v) is 3.86. The molecule has 0 aliphatic carbocycles. The van der Waals surface area contributed by atoms with Crippen LogP contribution < -0.4 is 10.6 Å². The van der Waals surface area contributed by atoms with E-state index in [-0.39, 0.29) is 11.4 Å². The molecule has 1 aromatic heterocycles. The Bertz CT molecular complexity index is 948. The number of amides is 2. The molecule has 27 heavy (non-hydrogen) atoms. The van der Waals surface area contributed by atoms with Gasteiger partial charge in [0.1, 0.15) is 17.3 Å². The van der Waals surface area contributed by atoms with Gasteiger partial charge in [0.15, 0.2) is 0 Å². The largest absolute Gasteiger partial charge is 0.324 e. The lowest BCUT2D eigenvalue weighted by molar-refractivity contribution is 0.0128. The lowest BCUT2D eigenvalue weighted by atomic mass is 10.0. The van der Waals surface area contributed by atoms with Crippen LogP contribution in [0, 0.1) is 5.82 Å². The number of hydrogen-bond acceptors (Lipinski definition) is 2. The lowest BCUT2D eigenvalue weighted by Gasteiger charge is -2.13. The summed E-state index contributed by atoms with van der Waals surface area (Å²) in [5.74, 6) is -3.67. The van der Waals surface area contributed by atoms with E-state index in [1.54, 1.807) is 30.3 Å². The zero-order valence-electron chi connectivity index (χ0n) is 14.6. The summed E-state index contributed by atoms with van der Waals surface area (Å²) in [5.41, 5.74) is 0.386. The van der Waals surface area contributed by atoms with Crippen molar-refractivity contribution in [2.75, 3.05) is 10.6 Å². The fourth-order valence-corrected chi connectivity index (χ4v) is 2.66. The maximum absolute atomic E-state index is 14.1. The first kappa shape index (κ1) is 18.5. The predicted octanol–water partition coefficient (Wildman–Crippen LogP) is 4.98. The molecule has 3 aromatic rings. The van der Waals surface area contributed by atoms with Crippen molar-refractivity contribution in [1.82, 2.24) is 9.78 Å². The first-order valence-electron chi connectivity index (χ1n) is 8.10. The lowest BCUT2D eigenvalue weighted by Crippen LogP contribution is -2.21. The number of halogens is 3. The minimum atomic E-state index is -3.25. The number of nitrogens with zero attached hydrogens (tertiary/aromatic N) is 2. The number of para-hydroxylation sites is 1. The number of alkyl halides is 2. The molecule has 8 heteroatoms. The molecular formula is C19H17F3N4O. The van der Waals surface area contributed by atoms with Crippen LogP contribution in [0.25, 0.3) is 11.1 Å². The van der Waals surface area contributed by atoms with Gasteiger partial charge in [-0.3, -0.25) is 10.00 Å². The van der Waals surface area contributed by atoms with Crippen LogP contribution in [0.3, 0.4) is 0 Å². The van der Waals surface area contributed by atoms with Crippen LogP contribution in [0.1, 0.15) is 12.6 Å². The summed E-state index contributed by atoms with van der Waals surface area (Å²) in [6, 6.07) is 13.1. The average molecular weight is 374 g/mol. The second-order valence-corrected chi connectivity index (χ2v) is 6.04. The molecule has 5 nitrogen and oxygen atoms in total. The van der Waals surface area contributed by atoms with E-state index in [0.29, 0.717) is 11.3 Å². The number of carbonyl (C=O) groups excluding carboxylic acids is 1. The van der Waals surface area contributed by atoms with Crippen molar-refractivity contribution in [1.29, 1.82) is 0 Å². The Hall–Kier alpha value is -3.29. The minimum Gasteiger partial charge on any atom is -0.308 e. The third kappa shape index (κ3) is 4.11. The van der Waals surface area contributed by atoms with Crippen LogP contribution in [0.5, 0.6) is 0 Å². The summed E-state index contributed by atoms with van der Waals surface area (Å²) >= 11 is 0. The van der Waals surface area contributed by atoms with E-state index in [2.05, 4.69) is 15.7 Å². The Morgan fingerprint density at radius 3 is 2.26 bits per heavy atom. The summed E-state index contributed by atoms with van der Waals surface area (Å²) in [5, 5.41) is 9.04. The number of aromatic nitrogens is 2. The number of hydrogen-bond donors (Lipinski definition) is 2. The summed E-state index contributed by atoms with van der Waals surface area (Å²) < 4.78 is 42.6. The van der Waals surface area contributed by atoms with Crippen LogP contribution in [0.2, 0.25) is 0 Å². The van der Waals surface area contributed by atoms with E-state index in [1.807, 2.05) is 0 Å². The fourth-order valence-electron chi connectivity index (χ4n) is 2.66. The first-order valence-corrected chi connectivity index (χ1v) is 8.10. The molecule has 2 aromatic carbocycles. The first-order chi connectivity index (χ1) is 12.8. The van der Waals surface area contributed by atoms with Gasteiger partial charge in [0, 0.05) is 19.7 Å². The SMILES string of the molecule is Cn1nc(C(C)(F)F)c(-c2ccc(F)cc2)c1NC(=O)Nc1ccccc1. The number of benzene rings is 2. The topological polar surface area (TPSA) is 59.0 Å². The van der Waals surface area contributed by atoms with E-state index >= 15 is 0 Å². The van der Waals surface area contributed by atoms with E-state index in [1.165, 1.54) is 19.2 Å². The summed E-state index contributed by atoms with van der Waals surface area (Å²) in [6.45, 7) is 0.718. The highest BCUT2D eigenvalue weighted by Crippen LogP contribution is 2.39. The molecule has 0 spiro atoms. The van der Waals surface area contributed by atoms with Crippen LogP contribution in [0.4, 0.5) is 29.5 Å². The van der Waals surface area contributed by atoms with Crippen molar-refractivity contribution >= 4 is 17.5 Å². The highest BCUT2D eigenvalue weighted by atomic mass is 19.3. The standard InChI is InChI=1S/C19H17F3N4O/c1-19(21,22)16-15(12-8-10-13(20)11-9-12)17(26(2)25-16)24-18(27)23-14-6-4-3-5-7-14/h3-11H,1-2H3,(H2,23,24,27). The molecule has 0 radical (unpaired) electrons. The zero-order valence-corrected chi connectivity index (χ0v) is 14.6. The summed E-state index contributed by atoms with van der Waals surface area (Å²) in [4.78, 5) is 12.3. The van der Waals surface area contributed by atoms with Gasteiger partial charge in [0.2, 0.25) is 0 Å². The molecule has 2 N–H and O–H groups in total. The van der Waals surface area contributed by atoms with Gasteiger partial charge < -0.3 is 5.32 Å². The Labute approximate surface area is 153 Å². The molecule has 0 atom stereocenters. The summed E-state index contributed by atoms with van der Waals surface area (Å²) in [6.07, 6.45) is 0. The van der Waals surface area contributed by atoms with Crippen LogP contribution >= 0.6 is 0 Å². The molecule has 2 amide bonds. The molecule has 0 aliphatic rings. The molecule has 0 aliphatic heterocycles. The number of anilines is 2. The highest BCUT2D eigenvalue weighted by Gasteiger charge is 2.35. The molecule has 3 rings (SSSR count). The van der Waals surface area contributed by atoms with E-state index in [4.69, 9.17) is 0 Å². The maximum atomic E-state index is 14.1. The van der Waals surface area contributed by atoms with Crippen LogP contribution in [0.15, 0.2) is 54.6 Å². The van der Waals surface area contributed by atoms with Crippen molar-refractivity contribution in [3.05, 3.63) is 66.1 Å². The maximum Gasteiger partial charge on any atom is 0.324 e. The average Bonchev–Trinajstić information content (AvgIpc) is 2.93. The number of urea groups is 1. The molecular weight excluding hydrogens is 357 g/mol. The smallest absolute Gasteiger partial charge is 0.308 e. The van der Waals surface area contributed by atoms with Crippen molar-refractivity contribution in [2.45, 2.75) is 12.8 Å². The number of rotatable bonds is 4. The van der Waals surface area contributed by atoms with E-state index in [9.17, 15) is 18.0 Å². The number of nitrogens with one attached hydrogen (secondary N) is 2. The zero-order chi connectivity index (χ0) is 19.6. The number of carbonyl (C=O) groups is 1. The van der Waals surface area contributed by atoms with Gasteiger partial charge >= 0.3 is 6.03 Å². The molecule has 0 saturated heterocycles. The van der Waals surface area contributed by atoms with E-state index < -0.39 is 23.5 Å². The second kappa shape index (κ2) is 7.14. The Morgan fingerprint density at radius 2 is 1.67 bits per heavy atom. The van der Waals surface area contributed by atoms with Crippen molar-refractivity contribution < 1.29 is 18.0 Å². The minimum absolute atomic E-state index is 0.0354. The third-order valence-electron chi connectivity index (χ3n) is 3.86. The molecule has 1 heterocycles. The predicted molar refractivity (Wildman–Crippen MR) is 97.3 cm³/mol. The second-order valence-electron chi connectivity index (χ2n) is 6.04. The molecule has 0 fully saturated rings. The van der Waals surface area contributed by atoms with Crippen molar-refractivity contribution in [3.8, 4) is 11.1 Å². The molecule has 0 bridgehead atoms. The van der Waals surface area contributed by atoms with Crippen molar-refractivity contribution in [2.24, 2.45) is 7.05 Å². The van der Waals surface area contributed by atoms with Gasteiger partial charge in [-0.25, -0.2) is 9.18 Å². The van der Waals surface area contributed by atoms with Gasteiger partial charge in [0.05, 0.1) is 5.56 Å². The quantitative estimate of drug-likeness (QED) is 0.676. The molecule has 0 saturated carbocycles. The fraction of sp³-hybridized carbons (Fsp3) is 0.158. The highest BCUT2D eigenvalue weighted by molar-refractivity contribution is 6.01. The van der Waals surface area contributed by atoms with Crippen LogP contribution in [-0.2, 0) is 13.0 Å². The molecule has 0 unspecified atom stereocenters. The summed E-state index contributed by atoms with van der Waals surface area (Å²) in [7, 11) is 1.44. The van der Waals surface area contributed by atoms with Gasteiger partial charge in [-0.2, -0.15) is 13.9 Å². The Morgan fingerprint density at radius 1 is 1.04 bits per heavy atom. The Balaban J connectivity index is 2.00. The van der Waals surface area contributed by atoms with Gasteiger partial charge in [-0.15, -0.1) is 0 Å². The Kier molecular flexibility index (Phi) is 4.89. The van der Waals surface area contributed by atoms with Gasteiger partial charge in [-0.05, 0) is 29.8 Å². The molecule has 140 valence electrons. The number of aryl methyl sites for hydroxylation is 1. The van der Waals surface area contributed by atoms with Gasteiger partial charge in [-0.1, -0.05) is 30.3 Å². The van der Waals surface area contributed by atoms with E-state index in [0.717, 1.165) is 23.7 Å². The monoisotopic (exact) mass is 374 g/mol.